The van der Waals surface area contributed by atoms with Crippen molar-refractivity contribution in [1.29, 1.82) is 0 Å². The smallest absolute Gasteiger partial charge is 0.416 e. The maximum Gasteiger partial charge on any atom is 0.416 e. The molecule has 0 spiro atoms. The van der Waals surface area contributed by atoms with Crippen molar-refractivity contribution in [3.8, 4) is 28.0 Å². The third-order valence-electron chi connectivity index (χ3n) is 5.84. The Morgan fingerprint density at radius 3 is 2.14 bits per heavy atom. The third kappa shape index (κ3) is 4.80. The minimum Gasteiger partial charge on any atom is -0.496 e. The first-order valence-electron chi connectivity index (χ1n) is 10.9. The summed E-state index contributed by atoms with van der Waals surface area (Å²) in [5, 5.41) is 9.95. The lowest BCUT2D eigenvalue weighted by Gasteiger charge is -2.12. The van der Waals surface area contributed by atoms with Crippen LogP contribution < -0.4 is 10.4 Å². The van der Waals surface area contributed by atoms with Gasteiger partial charge in [0, 0.05) is 26.7 Å². The minimum atomic E-state index is -4.53. The number of alkyl halides is 3. The van der Waals surface area contributed by atoms with E-state index in [1.54, 1.807) is 42.6 Å². The molecule has 5 aromatic rings. The number of halogens is 5. The second-order valence-electron chi connectivity index (χ2n) is 8.15. The van der Waals surface area contributed by atoms with Crippen LogP contribution in [0, 0.1) is 0 Å². The molecule has 0 atom stereocenters. The first-order valence-corrected chi connectivity index (χ1v) is 11.7. The van der Waals surface area contributed by atoms with Crippen molar-refractivity contribution in [3.05, 3.63) is 105 Å². The first-order chi connectivity index (χ1) is 17.7. The normalized spacial score (nSPS) is 11.7. The van der Waals surface area contributed by atoms with Gasteiger partial charge in [-0.15, -0.1) is 5.10 Å². The van der Waals surface area contributed by atoms with Gasteiger partial charge in [0.2, 0.25) is 0 Å². The molecular weight excluding hydrogens is 528 g/mol. The lowest BCUT2D eigenvalue weighted by molar-refractivity contribution is -0.137. The van der Waals surface area contributed by atoms with E-state index >= 15 is 0 Å². The van der Waals surface area contributed by atoms with Gasteiger partial charge in [0.1, 0.15) is 5.75 Å². The van der Waals surface area contributed by atoms with Crippen LogP contribution >= 0.6 is 23.2 Å². The lowest BCUT2D eigenvalue weighted by atomic mass is 9.97. The Hall–Kier alpha value is -3.82. The molecule has 0 unspecified atom stereocenters. The first kappa shape index (κ1) is 24.9. The predicted molar refractivity (Wildman–Crippen MR) is 135 cm³/mol. The topological polar surface area (TPSA) is 61.4 Å². The Labute approximate surface area is 218 Å². The molecule has 37 heavy (non-hydrogen) atoms. The van der Waals surface area contributed by atoms with Gasteiger partial charge in [-0.05, 0) is 47.5 Å². The molecule has 5 rings (SSSR count). The predicted octanol–water partition coefficient (Wildman–Crippen LogP) is 6.61. The number of hydrogen-bond donors (Lipinski definition) is 0. The third-order valence-corrected chi connectivity index (χ3v) is 6.34. The van der Waals surface area contributed by atoms with Crippen molar-refractivity contribution >= 4 is 28.8 Å². The number of rotatable bonds is 5. The largest absolute Gasteiger partial charge is 0.496 e. The monoisotopic (exact) mass is 544 g/mol. The van der Waals surface area contributed by atoms with E-state index in [1.165, 1.54) is 13.2 Å². The van der Waals surface area contributed by atoms with Gasteiger partial charge in [-0.2, -0.15) is 22.8 Å². The highest BCUT2D eigenvalue weighted by atomic mass is 35.5. The Balaban J connectivity index is 1.68. The summed E-state index contributed by atoms with van der Waals surface area (Å²) in [5.74, 6) is -0.00785. The van der Waals surface area contributed by atoms with Crippen LogP contribution in [-0.4, -0.2) is 26.5 Å². The fourth-order valence-corrected chi connectivity index (χ4v) is 4.28. The van der Waals surface area contributed by atoms with Gasteiger partial charge in [-0.1, -0.05) is 53.5 Å². The lowest BCUT2D eigenvalue weighted by Crippen LogP contribution is -2.23. The van der Waals surface area contributed by atoms with E-state index in [9.17, 15) is 18.0 Å². The molecule has 188 valence electrons. The molecule has 0 bridgehead atoms. The summed E-state index contributed by atoms with van der Waals surface area (Å²) in [4.78, 5) is 13.2. The van der Waals surface area contributed by atoms with E-state index < -0.39 is 17.4 Å². The van der Waals surface area contributed by atoms with E-state index in [4.69, 9.17) is 27.9 Å². The molecule has 11 heteroatoms. The Kier molecular flexibility index (Phi) is 6.43. The van der Waals surface area contributed by atoms with Crippen molar-refractivity contribution in [3.63, 3.8) is 0 Å². The van der Waals surface area contributed by atoms with Crippen LogP contribution in [0.25, 0.3) is 27.9 Å². The Morgan fingerprint density at radius 2 is 1.54 bits per heavy atom. The quantitative estimate of drug-likeness (QED) is 0.250. The number of benzene rings is 3. The van der Waals surface area contributed by atoms with E-state index in [2.05, 4.69) is 10.2 Å². The van der Waals surface area contributed by atoms with E-state index in [-0.39, 0.29) is 17.9 Å². The van der Waals surface area contributed by atoms with Crippen LogP contribution in [0.5, 0.6) is 5.75 Å². The van der Waals surface area contributed by atoms with Crippen molar-refractivity contribution in [2.24, 2.45) is 0 Å². The summed E-state index contributed by atoms with van der Waals surface area (Å²) in [5.41, 5.74) is 2.09. The second kappa shape index (κ2) is 9.57. The van der Waals surface area contributed by atoms with Crippen LogP contribution in [0.15, 0.2) is 77.7 Å². The van der Waals surface area contributed by atoms with Crippen LogP contribution in [-0.2, 0) is 12.7 Å². The molecule has 0 N–H and O–H groups in total. The van der Waals surface area contributed by atoms with Crippen molar-refractivity contribution in [1.82, 2.24) is 19.4 Å². The average Bonchev–Trinajstić information content (AvgIpc) is 3.19. The van der Waals surface area contributed by atoms with Gasteiger partial charge in [0.25, 0.3) is 0 Å². The highest BCUT2D eigenvalue weighted by Crippen LogP contribution is 2.36. The number of aromatic nitrogens is 4. The molecule has 0 aliphatic rings. The van der Waals surface area contributed by atoms with Crippen LogP contribution in [0.4, 0.5) is 13.2 Å². The minimum absolute atomic E-state index is 0.00785. The SMILES string of the molecule is COc1cc(C(F)(F)F)ccc1Cn1nc2c(-c3ccc(Cl)cc3)c(-c3ccc(Cl)cc3)cnn2c1=O. The highest BCUT2D eigenvalue weighted by molar-refractivity contribution is 6.31. The maximum absolute atomic E-state index is 13.2. The zero-order valence-corrected chi connectivity index (χ0v) is 20.6. The summed E-state index contributed by atoms with van der Waals surface area (Å²) in [6.45, 7) is -0.125. The Morgan fingerprint density at radius 1 is 0.919 bits per heavy atom. The molecule has 0 radical (unpaired) electrons. The van der Waals surface area contributed by atoms with E-state index in [0.29, 0.717) is 26.7 Å². The molecule has 0 aliphatic carbocycles. The fraction of sp³-hybridized carbons (Fsp3) is 0.115. The van der Waals surface area contributed by atoms with Crippen molar-refractivity contribution in [2.45, 2.75) is 12.7 Å². The summed E-state index contributed by atoms with van der Waals surface area (Å²) in [7, 11) is 1.27. The van der Waals surface area contributed by atoms with Gasteiger partial charge in [-0.25, -0.2) is 9.48 Å². The zero-order valence-electron chi connectivity index (χ0n) is 19.1. The number of ether oxygens (including phenoxy) is 1. The Bertz CT molecular complexity index is 1660. The number of hydrogen-bond acceptors (Lipinski definition) is 4. The average molecular weight is 545 g/mol. The van der Waals surface area contributed by atoms with Gasteiger partial charge in [-0.3, -0.25) is 0 Å². The molecule has 2 heterocycles. The van der Waals surface area contributed by atoms with Gasteiger partial charge >= 0.3 is 11.9 Å². The van der Waals surface area contributed by atoms with Crippen molar-refractivity contribution < 1.29 is 17.9 Å². The standard InChI is InChI=1S/C26H17Cl2F3N4O2/c1-37-22-12-18(26(29,30)31)7-2-17(22)14-34-25(36)35-24(33-34)23(16-5-10-20(28)11-6-16)21(13-32-35)15-3-8-19(27)9-4-15/h2-13H,14H2,1H3. The molecule has 0 saturated heterocycles. The molecule has 0 saturated carbocycles. The summed E-state index contributed by atoms with van der Waals surface area (Å²) in [6, 6.07) is 17.3. The van der Waals surface area contributed by atoms with E-state index in [0.717, 1.165) is 32.5 Å². The number of fused-ring (bicyclic) bond motifs is 1. The highest BCUT2D eigenvalue weighted by Gasteiger charge is 2.31. The van der Waals surface area contributed by atoms with Gasteiger partial charge in [0.15, 0.2) is 5.65 Å². The van der Waals surface area contributed by atoms with Gasteiger partial charge in [0.05, 0.1) is 25.4 Å². The van der Waals surface area contributed by atoms with E-state index in [1.807, 2.05) is 12.1 Å². The number of methoxy groups -OCH3 is 1. The molecule has 2 aromatic heterocycles. The molecule has 0 aliphatic heterocycles. The molecule has 6 nitrogen and oxygen atoms in total. The molecule has 3 aromatic carbocycles. The van der Waals surface area contributed by atoms with Crippen LogP contribution in [0.1, 0.15) is 11.1 Å². The second-order valence-corrected chi connectivity index (χ2v) is 9.02. The number of nitrogens with zero attached hydrogens (tertiary/aromatic N) is 4. The summed E-state index contributed by atoms with van der Waals surface area (Å²) in [6.07, 6.45) is -2.96. The summed E-state index contributed by atoms with van der Waals surface area (Å²) < 4.78 is 46.9. The molecular formula is C26H17Cl2F3N4O2. The van der Waals surface area contributed by atoms with Crippen LogP contribution in [0.2, 0.25) is 10.0 Å². The molecule has 0 fully saturated rings. The zero-order chi connectivity index (χ0) is 26.3. The maximum atomic E-state index is 13.2. The van der Waals surface area contributed by atoms with Gasteiger partial charge < -0.3 is 4.74 Å². The molecule has 0 amide bonds. The van der Waals surface area contributed by atoms with Crippen molar-refractivity contribution in [2.75, 3.05) is 7.11 Å². The fourth-order valence-electron chi connectivity index (χ4n) is 4.03. The van der Waals surface area contributed by atoms with Crippen LogP contribution in [0.3, 0.4) is 0 Å². The summed E-state index contributed by atoms with van der Waals surface area (Å²) >= 11 is 12.2.